The van der Waals surface area contributed by atoms with Crippen LogP contribution in [0.3, 0.4) is 0 Å². The Balaban J connectivity index is 2.13. The molecule has 3 aromatic rings. The van der Waals surface area contributed by atoms with Crippen molar-refractivity contribution in [1.29, 1.82) is 0 Å². The van der Waals surface area contributed by atoms with E-state index in [1.807, 2.05) is 23.6 Å². The molecule has 0 saturated heterocycles. The van der Waals surface area contributed by atoms with Gasteiger partial charge in [-0.25, -0.2) is 4.39 Å². The molecule has 25 heavy (non-hydrogen) atoms. The van der Waals surface area contributed by atoms with Gasteiger partial charge in [-0.3, -0.25) is 4.79 Å². The number of hydrogen-bond donors (Lipinski definition) is 2. The summed E-state index contributed by atoms with van der Waals surface area (Å²) >= 11 is 5.93. The third-order valence-electron chi connectivity index (χ3n) is 4.01. The van der Waals surface area contributed by atoms with E-state index in [-0.39, 0.29) is 22.7 Å². The number of halogens is 2. The fourth-order valence-electron chi connectivity index (χ4n) is 3.02. The molecule has 2 N–H and O–H groups in total. The highest BCUT2D eigenvalue weighted by atomic mass is 35.5. The average molecular weight is 361 g/mol. The van der Waals surface area contributed by atoms with Crippen LogP contribution in [0.1, 0.15) is 13.8 Å². The Bertz CT molecular complexity index is 952. The van der Waals surface area contributed by atoms with Crippen LogP contribution >= 0.6 is 11.6 Å². The highest BCUT2D eigenvalue weighted by molar-refractivity contribution is 6.31. The van der Waals surface area contributed by atoms with Crippen LogP contribution in [0, 0.1) is 5.82 Å². The topological polar surface area (TPSA) is 54.3 Å². The van der Waals surface area contributed by atoms with E-state index in [9.17, 15) is 14.3 Å². The van der Waals surface area contributed by atoms with E-state index >= 15 is 0 Å². The smallest absolute Gasteiger partial charge is 0.217 e. The first kappa shape index (κ1) is 17.3. The largest absolute Gasteiger partial charge is 0.508 e. The van der Waals surface area contributed by atoms with Gasteiger partial charge in [-0.2, -0.15) is 0 Å². The third kappa shape index (κ3) is 3.61. The lowest BCUT2D eigenvalue weighted by Crippen LogP contribution is -2.34. The van der Waals surface area contributed by atoms with Crippen molar-refractivity contribution in [3.05, 3.63) is 53.3 Å². The number of rotatable bonds is 4. The standard InChI is InChI=1S/C19H18ClFN2O2/c1-11(22-12(2)24)10-23-18-6-4-15(25)7-14(18)9-19(23)13-3-5-17(21)16(20)8-13/h3-9,11,25H,10H2,1-2H3,(H,22,24). The zero-order valence-electron chi connectivity index (χ0n) is 13.9. The van der Waals surface area contributed by atoms with Gasteiger partial charge < -0.3 is 15.0 Å². The van der Waals surface area contributed by atoms with Crippen molar-refractivity contribution < 1.29 is 14.3 Å². The maximum atomic E-state index is 13.5. The lowest BCUT2D eigenvalue weighted by molar-refractivity contribution is -0.119. The number of fused-ring (bicyclic) bond motifs is 1. The highest BCUT2D eigenvalue weighted by Gasteiger charge is 2.15. The van der Waals surface area contributed by atoms with Crippen LogP contribution in [-0.2, 0) is 11.3 Å². The quantitative estimate of drug-likeness (QED) is 0.727. The Labute approximate surface area is 149 Å². The number of amides is 1. The zero-order chi connectivity index (χ0) is 18.1. The van der Waals surface area contributed by atoms with E-state index in [4.69, 9.17) is 11.6 Å². The van der Waals surface area contributed by atoms with E-state index in [1.54, 1.807) is 24.3 Å². The first-order chi connectivity index (χ1) is 11.8. The summed E-state index contributed by atoms with van der Waals surface area (Å²) in [5.74, 6) is -0.409. The Morgan fingerprint density at radius 2 is 2.04 bits per heavy atom. The number of hydrogen-bond acceptors (Lipinski definition) is 2. The van der Waals surface area contributed by atoms with Crippen molar-refractivity contribution in [2.45, 2.75) is 26.4 Å². The van der Waals surface area contributed by atoms with Crippen molar-refractivity contribution in [1.82, 2.24) is 9.88 Å². The summed E-state index contributed by atoms with van der Waals surface area (Å²) in [6, 6.07) is 11.5. The Morgan fingerprint density at radius 3 is 2.72 bits per heavy atom. The molecule has 130 valence electrons. The number of nitrogens with one attached hydrogen (secondary N) is 1. The number of aromatic hydroxyl groups is 1. The molecule has 0 saturated carbocycles. The minimum absolute atomic E-state index is 0.0482. The molecule has 0 fully saturated rings. The number of benzene rings is 2. The minimum Gasteiger partial charge on any atom is -0.508 e. The summed E-state index contributed by atoms with van der Waals surface area (Å²) in [5.41, 5.74) is 2.50. The van der Waals surface area contributed by atoms with Crippen LogP contribution in [0.25, 0.3) is 22.2 Å². The van der Waals surface area contributed by atoms with Crippen LogP contribution in [-0.4, -0.2) is 21.6 Å². The molecule has 1 aromatic heterocycles. The van der Waals surface area contributed by atoms with Gasteiger partial charge in [0.2, 0.25) is 5.91 Å². The van der Waals surface area contributed by atoms with E-state index in [0.29, 0.717) is 6.54 Å². The minimum atomic E-state index is -0.475. The van der Waals surface area contributed by atoms with Gasteiger partial charge in [0.05, 0.1) is 5.02 Å². The van der Waals surface area contributed by atoms with Crippen molar-refractivity contribution in [2.75, 3.05) is 0 Å². The molecular formula is C19H18ClFN2O2. The number of phenols is 1. The van der Waals surface area contributed by atoms with Gasteiger partial charge >= 0.3 is 0 Å². The predicted octanol–water partition coefficient (Wildman–Crippen LogP) is 4.33. The fraction of sp³-hybridized carbons (Fsp3) is 0.211. The molecule has 0 radical (unpaired) electrons. The molecule has 2 aromatic carbocycles. The summed E-state index contributed by atoms with van der Waals surface area (Å²) < 4.78 is 15.5. The van der Waals surface area contributed by atoms with Gasteiger partial charge in [0.15, 0.2) is 0 Å². The van der Waals surface area contributed by atoms with E-state index in [0.717, 1.165) is 22.2 Å². The van der Waals surface area contributed by atoms with Gasteiger partial charge in [-0.15, -0.1) is 0 Å². The molecule has 0 bridgehead atoms. The average Bonchev–Trinajstić information content (AvgIpc) is 2.87. The lowest BCUT2D eigenvalue weighted by atomic mass is 10.1. The normalized spacial score (nSPS) is 12.3. The van der Waals surface area contributed by atoms with Crippen LogP contribution in [0.15, 0.2) is 42.5 Å². The van der Waals surface area contributed by atoms with Crippen LogP contribution in [0.4, 0.5) is 4.39 Å². The molecule has 0 aliphatic rings. The van der Waals surface area contributed by atoms with E-state index in [1.165, 1.54) is 13.0 Å². The monoisotopic (exact) mass is 360 g/mol. The second-order valence-corrected chi connectivity index (χ2v) is 6.52. The highest BCUT2D eigenvalue weighted by Crippen LogP contribution is 2.32. The molecule has 1 atom stereocenters. The number of phenolic OH excluding ortho intramolecular Hbond substituents is 1. The van der Waals surface area contributed by atoms with Gasteiger partial charge in [-0.05, 0) is 55.0 Å². The Kier molecular flexibility index (Phi) is 4.68. The molecule has 0 aliphatic heterocycles. The number of carbonyl (C=O) groups is 1. The molecule has 3 rings (SSSR count). The third-order valence-corrected chi connectivity index (χ3v) is 4.30. The molecule has 4 nitrogen and oxygen atoms in total. The molecule has 0 aliphatic carbocycles. The summed E-state index contributed by atoms with van der Waals surface area (Å²) in [5, 5.41) is 13.5. The lowest BCUT2D eigenvalue weighted by Gasteiger charge is -2.17. The fourth-order valence-corrected chi connectivity index (χ4v) is 3.20. The summed E-state index contributed by atoms with van der Waals surface area (Å²) in [6.07, 6.45) is 0. The zero-order valence-corrected chi connectivity index (χ0v) is 14.6. The number of nitrogens with zero attached hydrogens (tertiary/aromatic N) is 1. The maximum absolute atomic E-state index is 13.5. The van der Waals surface area contributed by atoms with Gasteiger partial charge in [0.25, 0.3) is 0 Å². The SMILES string of the molecule is CC(=O)NC(C)Cn1c(-c2ccc(F)c(Cl)c2)cc2cc(O)ccc21. The van der Waals surface area contributed by atoms with Crippen LogP contribution < -0.4 is 5.32 Å². The van der Waals surface area contributed by atoms with Crippen molar-refractivity contribution in [2.24, 2.45) is 0 Å². The molecule has 1 unspecified atom stereocenters. The number of carbonyl (C=O) groups excluding carboxylic acids is 1. The van der Waals surface area contributed by atoms with Crippen molar-refractivity contribution in [3.8, 4) is 17.0 Å². The molecular weight excluding hydrogens is 343 g/mol. The number of aromatic nitrogens is 1. The summed E-state index contributed by atoms with van der Waals surface area (Å²) in [4.78, 5) is 11.3. The van der Waals surface area contributed by atoms with E-state index in [2.05, 4.69) is 5.32 Å². The van der Waals surface area contributed by atoms with Gasteiger partial charge in [0, 0.05) is 36.1 Å². The van der Waals surface area contributed by atoms with Crippen molar-refractivity contribution in [3.63, 3.8) is 0 Å². The second kappa shape index (κ2) is 6.76. The summed E-state index contributed by atoms with van der Waals surface area (Å²) in [6.45, 7) is 3.91. The second-order valence-electron chi connectivity index (χ2n) is 6.11. The first-order valence-corrected chi connectivity index (χ1v) is 8.27. The van der Waals surface area contributed by atoms with Gasteiger partial charge in [0.1, 0.15) is 11.6 Å². The molecule has 0 spiro atoms. The molecule has 1 heterocycles. The Hall–Kier alpha value is -2.53. The van der Waals surface area contributed by atoms with Crippen LogP contribution in [0.2, 0.25) is 5.02 Å². The van der Waals surface area contributed by atoms with Crippen LogP contribution in [0.5, 0.6) is 5.75 Å². The van der Waals surface area contributed by atoms with Gasteiger partial charge in [-0.1, -0.05) is 11.6 Å². The molecule has 6 heteroatoms. The first-order valence-electron chi connectivity index (χ1n) is 7.90. The predicted molar refractivity (Wildman–Crippen MR) is 97.3 cm³/mol. The summed E-state index contributed by atoms with van der Waals surface area (Å²) in [7, 11) is 0. The van der Waals surface area contributed by atoms with Crippen molar-refractivity contribution >= 4 is 28.4 Å². The molecule has 1 amide bonds. The maximum Gasteiger partial charge on any atom is 0.217 e. The van der Waals surface area contributed by atoms with E-state index < -0.39 is 5.82 Å². The Morgan fingerprint density at radius 1 is 1.28 bits per heavy atom.